The van der Waals surface area contributed by atoms with E-state index in [9.17, 15) is 18.0 Å². The highest BCUT2D eigenvalue weighted by atomic mass is 19.4. The van der Waals surface area contributed by atoms with Crippen LogP contribution < -0.4 is 15.4 Å². The van der Waals surface area contributed by atoms with Crippen molar-refractivity contribution in [3.63, 3.8) is 0 Å². The van der Waals surface area contributed by atoms with Crippen molar-refractivity contribution >= 4 is 11.7 Å². The van der Waals surface area contributed by atoms with Crippen LogP contribution in [0, 0.1) is 0 Å². The summed E-state index contributed by atoms with van der Waals surface area (Å²) in [6, 6.07) is 11.3. The number of carbonyl (C=O) groups is 1. The number of amides is 2. The van der Waals surface area contributed by atoms with Crippen molar-refractivity contribution in [3.05, 3.63) is 59.7 Å². The summed E-state index contributed by atoms with van der Waals surface area (Å²) in [6.07, 6.45) is -1.29. The quantitative estimate of drug-likeness (QED) is 0.709. The molecule has 1 fully saturated rings. The molecule has 1 atom stereocenters. The third kappa shape index (κ3) is 6.39. The van der Waals surface area contributed by atoms with Crippen molar-refractivity contribution < 1.29 is 27.4 Å². The van der Waals surface area contributed by atoms with Gasteiger partial charge in [0.2, 0.25) is 0 Å². The molecule has 2 N–H and O–H groups in total. The molecule has 2 aromatic carbocycles. The molecule has 29 heavy (non-hydrogen) atoms. The van der Waals surface area contributed by atoms with Crippen LogP contribution in [0.1, 0.15) is 30.4 Å². The van der Waals surface area contributed by atoms with Crippen LogP contribution in [0.2, 0.25) is 0 Å². The van der Waals surface area contributed by atoms with E-state index in [-0.39, 0.29) is 12.6 Å². The Balaban J connectivity index is 1.54. The van der Waals surface area contributed by atoms with Gasteiger partial charge in [-0.2, -0.15) is 13.2 Å². The standard InChI is InChI=1S/C21H23F3N2O3/c22-21(23,24)16-7-5-6-15(12-16)13-25-20(27)26-18-9-1-2-10-19(18)29-14-17-8-3-4-11-28-17/h1-2,5-7,9-10,12,17H,3-4,8,11,13-14H2,(H2,25,26,27). The first kappa shape index (κ1) is 21.0. The zero-order valence-corrected chi connectivity index (χ0v) is 15.8. The normalized spacial score (nSPS) is 16.9. The highest BCUT2D eigenvalue weighted by Gasteiger charge is 2.30. The molecule has 0 aliphatic carbocycles. The predicted molar refractivity (Wildman–Crippen MR) is 103 cm³/mol. The van der Waals surface area contributed by atoms with E-state index in [1.54, 1.807) is 24.3 Å². The summed E-state index contributed by atoms with van der Waals surface area (Å²) in [7, 11) is 0. The predicted octanol–water partition coefficient (Wildman–Crippen LogP) is 4.98. The summed E-state index contributed by atoms with van der Waals surface area (Å²) in [4.78, 5) is 12.2. The van der Waals surface area contributed by atoms with E-state index in [4.69, 9.17) is 9.47 Å². The molecule has 2 amide bonds. The Morgan fingerprint density at radius 3 is 2.72 bits per heavy atom. The molecular formula is C21H23F3N2O3. The van der Waals surface area contributed by atoms with E-state index < -0.39 is 17.8 Å². The lowest BCUT2D eigenvalue weighted by Crippen LogP contribution is -2.29. The fourth-order valence-corrected chi connectivity index (χ4v) is 3.02. The Morgan fingerprint density at radius 2 is 1.97 bits per heavy atom. The molecule has 2 aromatic rings. The van der Waals surface area contributed by atoms with Gasteiger partial charge in [-0.3, -0.25) is 0 Å². The Kier molecular flexibility index (Phi) is 6.98. The van der Waals surface area contributed by atoms with Gasteiger partial charge in [0.1, 0.15) is 12.4 Å². The number of para-hydroxylation sites is 2. The number of hydrogen-bond donors (Lipinski definition) is 2. The van der Waals surface area contributed by atoms with Crippen molar-refractivity contribution in [3.8, 4) is 5.75 Å². The largest absolute Gasteiger partial charge is 0.489 e. The van der Waals surface area contributed by atoms with E-state index in [2.05, 4.69) is 10.6 Å². The maximum absolute atomic E-state index is 12.8. The maximum atomic E-state index is 12.8. The van der Waals surface area contributed by atoms with Gasteiger partial charge in [0.15, 0.2) is 0 Å². The van der Waals surface area contributed by atoms with Gasteiger partial charge in [0.05, 0.1) is 17.4 Å². The van der Waals surface area contributed by atoms with Crippen LogP contribution in [0.4, 0.5) is 23.7 Å². The average Bonchev–Trinajstić information content (AvgIpc) is 2.72. The van der Waals surface area contributed by atoms with Gasteiger partial charge in [0, 0.05) is 13.2 Å². The second-order valence-corrected chi connectivity index (χ2v) is 6.80. The molecule has 5 nitrogen and oxygen atoms in total. The summed E-state index contributed by atoms with van der Waals surface area (Å²) in [6.45, 7) is 1.09. The van der Waals surface area contributed by atoms with Crippen LogP contribution in [-0.4, -0.2) is 25.3 Å². The first-order valence-corrected chi connectivity index (χ1v) is 9.46. The molecular weight excluding hydrogens is 385 g/mol. The molecule has 1 aliphatic heterocycles. The van der Waals surface area contributed by atoms with Gasteiger partial charge >= 0.3 is 12.2 Å². The summed E-state index contributed by atoms with van der Waals surface area (Å²) < 4.78 is 49.8. The molecule has 0 radical (unpaired) electrons. The lowest BCUT2D eigenvalue weighted by molar-refractivity contribution is -0.137. The summed E-state index contributed by atoms with van der Waals surface area (Å²) in [5, 5.41) is 5.24. The molecule has 0 saturated carbocycles. The lowest BCUT2D eigenvalue weighted by Gasteiger charge is -2.23. The molecule has 1 heterocycles. The van der Waals surface area contributed by atoms with Crippen LogP contribution in [0.15, 0.2) is 48.5 Å². The molecule has 8 heteroatoms. The molecule has 1 saturated heterocycles. The number of urea groups is 1. The zero-order chi connectivity index (χ0) is 20.7. The van der Waals surface area contributed by atoms with Crippen LogP contribution in [-0.2, 0) is 17.5 Å². The second-order valence-electron chi connectivity index (χ2n) is 6.80. The van der Waals surface area contributed by atoms with Crippen molar-refractivity contribution in [2.75, 3.05) is 18.5 Å². The number of hydrogen-bond acceptors (Lipinski definition) is 3. The Bertz CT molecular complexity index is 821. The second kappa shape index (κ2) is 9.65. The van der Waals surface area contributed by atoms with Gasteiger partial charge in [-0.05, 0) is 49.1 Å². The number of nitrogens with one attached hydrogen (secondary N) is 2. The molecule has 0 bridgehead atoms. The van der Waals surface area contributed by atoms with E-state index in [1.165, 1.54) is 12.1 Å². The Labute approximate surface area is 167 Å². The summed E-state index contributed by atoms with van der Waals surface area (Å²) >= 11 is 0. The van der Waals surface area contributed by atoms with E-state index in [0.717, 1.165) is 38.0 Å². The molecule has 0 spiro atoms. The highest BCUT2D eigenvalue weighted by Crippen LogP contribution is 2.29. The fraction of sp³-hybridized carbons (Fsp3) is 0.381. The van der Waals surface area contributed by atoms with Gasteiger partial charge < -0.3 is 20.1 Å². The molecule has 156 valence electrons. The highest BCUT2D eigenvalue weighted by molar-refractivity contribution is 5.90. The van der Waals surface area contributed by atoms with Gasteiger partial charge in [-0.1, -0.05) is 24.3 Å². The minimum absolute atomic E-state index is 0.0330. The minimum Gasteiger partial charge on any atom is -0.489 e. The first-order chi connectivity index (χ1) is 13.9. The van der Waals surface area contributed by atoms with Crippen molar-refractivity contribution in [2.24, 2.45) is 0 Å². The molecule has 1 unspecified atom stereocenters. The number of benzene rings is 2. The van der Waals surface area contributed by atoms with E-state index >= 15 is 0 Å². The van der Waals surface area contributed by atoms with Crippen molar-refractivity contribution in [2.45, 2.75) is 38.1 Å². The number of halogens is 3. The Morgan fingerprint density at radius 1 is 1.14 bits per heavy atom. The SMILES string of the molecule is O=C(NCc1cccc(C(F)(F)F)c1)Nc1ccccc1OCC1CCCCO1. The van der Waals surface area contributed by atoms with Crippen molar-refractivity contribution in [1.29, 1.82) is 0 Å². The van der Waals surface area contributed by atoms with E-state index in [1.807, 2.05) is 0 Å². The summed E-state index contributed by atoms with van der Waals surface area (Å²) in [5.74, 6) is 0.510. The minimum atomic E-state index is -4.42. The van der Waals surface area contributed by atoms with Crippen LogP contribution >= 0.6 is 0 Å². The maximum Gasteiger partial charge on any atom is 0.416 e. The third-order valence-electron chi connectivity index (χ3n) is 4.54. The lowest BCUT2D eigenvalue weighted by atomic mass is 10.1. The van der Waals surface area contributed by atoms with E-state index in [0.29, 0.717) is 23.6 Å². The number of rotatable bonds is 6. The topological polar surface area (TPSA) is 59.6 Å². The van der Waals surface area contributed by atoms with Gasteiger partial charge in [-0.25, -0.2) is 4.79 Å². The smallest absolute Gasteiger partial charge is 0.416 e. The first-order valence-electron chi connectivity index (χ1n) is 9.46. The van der Waals surface area contributed by atoms with Crippen LogP contribution in [0.3, 0.4) is 0 Å². The number of ether oxygens (including phenoxy) is 2. The Hall–Kier alpha value is -2.74. The monoisotopic (exact) mass is 408 g/mol. The van der Waals surface area contributed by atoms with Crippen LogP contribution in [0.25, 0.3) is 0 Å². The zero-order valence-electron chi connectivity index (χ0n) is 15.8. The number of anilines is 1. The third-order valence-corrected chi connectivity index (χ3v) is 4.54. The van der Waals surface area contributed by atoms with Gasteiger partial charge in [0.25, 0.3) is 0 Å². The average molecular weight is 408 g/mol. The fourth-order valence-electron chi connectivity index (χ4n) is 3.02. The molecule has 0 aromatic heterocycles. The number of alkyl halides is 3. The van der Waals surface area contributed by atoms with Gasteiger partial charge in [-0.15, -0.1) is 0 Å². The molecule has 3 rings (SSSR count). The van der Waals surface area contributed by atoms with Crippen LogP contribution in [0.5, 0.6) is 5.75 Å². The summed E-state index contributed by atoms with van der Waals surface area (Å²) in [5.41, 5.74) is 0.0831. The van der Waals surface area contributed by atoms with Crippen molar-refractivity contribution in [1.82, 2.24) is 5.32 Å². The molecule has 1 aliphatic rings. The number of carbonyl (C=O) groups excluding carboxylic acids is 1.